The first-order valence-electron chi connectivity index (χ1n) is 12.0. The van der Waals surface area contributed by atoms with Gasteiger partial charge in [0.1, 0.15) is 12.4 Å². The van der Waals surface area contributed by atoms with Crippen molar-refractivity contribution in [3.05, 3.63) is 103 Å². The summed E-state index contributed by atoms with van der Waals surface area (Å²) in [5.74, 6) is 1.82. The Morgan fingerprint density at radius 3 is 2.64 bits per heavy atom. The molecule has 1 atom stereocenters. The standard InChI is InChI=1S/C29H28N4O2S/c1-3-17-32-27(19-35-26-16-10-8-14-24(26)22-11-5-4-6-12-22)30-31-29(32)36-20-28(34)33-21(2)18-23-13-7-9-15-25(23)33/h3-16,21H,1,17-20H2,2H3/t21-/m1/s1. The number of rotatable bonds is 9. The molecule has 6 nitrogen and oxygen atoms in total. The van der Waals surface area contributed by atoms with Gasteiger partial charge in [0.2, 0.25) is 5.91 Å². The summed E-state index contributed by atoms with van der Waals surface area (Å²) >= 11 is 1.40. The van der Waals surface area contributed by atoms with E-state index in [1.54, 1.807) is 6.08 Å². The van der Waals surface area contributed by atoms with Gasteiger partial charge in [0.05, 0.1) is 5.75 Å². The number of fused-ring (bicyclic) bond motifs is 1. The molecule has 4 aromatic rings. The van der Waals surface area contributed by atoms with Gasteiger partial charge in [-0.2, -0.15) is 0 Å². The highest BCUT2D eigenvalue weighted by Gasteiger charge is 2.30. The highest BCUT2D eigenvalue weighted by Crippen LogP contribution is 2.33. The Balaban J connectivity index is 1.29. The van der Waals surface area contributed by atoms with Crippen molar-refractivity contribution in [3.8, 4) is 16.9 Å². The molecule has 36 heavy (non-hydrogen) atoms. The van der Waals surface area contributed by atoms with Crippen LogP contribution in [0.15, 0.2) is 96.7 Å². The monoisotopic (exact) mass is 496 g/mol. The van der Waals surface area contributed by atoms with Gasteiger partial charge in [-0.25, -0.2) is 0 Å². The second kappa shape index (κ2) is 10.8. The van der Waals surface area contributed by atoms with Crippen molar-refractivity contribution in [2.24, 2.45) is 0 Å². The molecule has 0 aliphatic carbocycles. The van der Waals surface area contributed by atoms with Crippen molar-refractivity contribution in [2.45, 2.75) is 37.7 Å². The molecule has 0 saturated carbocycles. The van der Waals surface area contributed by atoms with Crippen molar-refractivity contribution in [1.82, 2.24) is 14.8 Å². The number of anilines is 1. The van der Waals surface area contributed by atoms with E-state index < -0.39 is 0 Å². The average Bonchev–Trinajstić information content (AvgIpc) is 3.46. The van der Waals surface area contributed by atoms with Gasteiger partial charge < -0.3 is 9.64 Å². The van der Waals surface area contributed by atoms with E-state index in [1.807, 2.05) is 70.1 Å². The quantitative estimate of drug-likeness (QED) is 0.217. The molecule has 1 aromatic heterocycles. The second-order valence-electron chi connectivity index (χ2n) is 8.68. The largest absolute Gasteiger partial charge is 0.485 e. The molecule has 0 unspecified atom stereocenters. The van der Waals surface area contributed by atoms with Gasteiger partial charge in [-0.05, 0) is 36.6 Å². The highest BCUT2D eigenvalue weighted by atomic mass is 32.2. The topological polar surface area (TPSA) is 60.2 Å². The summed E-state index contributed by atoms with van der Waals surface area (Å²) in [5.41, 5.74) is 4.34. The fraction of sp³-hybridized carbons (Fsp3) is 0.207. The maximum Gasteiger partial charge on any atom is 0.237 e. The van der Waals surface area contributed by atoms with Gasteiger partial charge in [-0.3, -0.25) is 9.36 Å². The van der Waals surface area contributed by atoms with Crippen molar-refractivity contribution in [1.29, 1.82) is 0 Å². The van der Waals surface area contributed by atoms with Gasteiger partial charge in [-0.15, -0.1) is 16.8 Å². The molecule has 7 heteroatoms. The molecule has 0 saturated heterocycles. The summed E-state index contributed by atoms with van der Waals surface area (Å²) in [6.07, 6.45) is 2.68. The first-order chi connectivity index (χ1) is 17.7. The molecule has 0 N–H and O–H groups in total. The van der Waals surface area contributed by atoms with E-state index >= 15 is 0 Å². The normalized spacial score (nSPS) is 14.5. The van der Waals surface area contributed by atoms with E-state index in [2.05, 4.69) is 41.9 Å². The lowest BCUT2D eigenvalue weighted by Gasteiger charge is -2.22. The Morgan fingerprint density at radius 2 is 1.81 bits per heavy atom. The molecule has 0 spiro atoms. The zero-order chi connectivity index (χ0) is 24.9. The smallest absolute Gasteiger partial charge is 0.237 e. The SMILES string of the molecule is C=CCn1c(COc2ccccc2-c2ccccc2)nnc1SCC(=O)N1c2ccccc2C[C@H]1C. The van der Waals surface area contributed by atoms with Gasteiger partial charge >= 0.3 is 0 Å². The second-order valence-corrected chi connectivity index (χ2v) is 9.63. The van der Waals surface area contributed by atoms with E-state index in [0.717, 1.165) is 29.0 Å². The third-order valence-electron chi connectivity index (χ3n) is 6.23. The number of amides is 1. The minimum absolute atomic E-state index is 0.0696. The van der Waals surface area contributed by atoms with E-state index in [0.29, 0.717) is 17.5 Å². The Labute approximate surface area is 215 Å². The molecule has 0 bridgehead atoms. The highest BCUT2D eigenvalue weighted by molar-refractivity contribution is 7.99. The molecule has 1 aliphatic heterocycles. The number of benzene rings is 3. The number of ether oxygens (including phenoxy) is 1. The van der Waals surface area contributed by atoms with E-state index in [4.69, 9.17) is 4.74 Å². The van der Waals surface area contributed by atoms with Crippen LogP contribution in [-0.4, -0.2) is 32.5 Å². The lowest BCUT2D eigenvalue weighted by Crippen LogP contribution is -2.37. The third-order valence-corrected chi connectivity index (χ3v) is 7.19. The minimum atomic E-state index is 0.0696. The average molecular weight is 497 g/mol. The minimum Gasteiger partial charge on any atom is -0.485 e. The van der Waals surface area contributed by atoms with Crippen LogP contribution in [0.2, 0.25) is 0 Å². The van der Waals surface area contributed by atoms with Gasteiger partial charge in [0.15, 0.2) is 11.0 Å². The van der Waals surface area contributed by atoms with E-state index in [9.17, 15) is 4.79 Å². The lowest BCUT2D eigenvalue weighted by molar-refractivity contribution is -0.116. The summed E-state index contributed by atoms with van der Waals surface area (Å²) in [7, 11) is 0. The fourth-order valence-electron chi connectivity index (χ4n) is 4.58. The van der Waals surface area contributed by atoms with Crippen LogP contribution >= 0.6 is 11.8 Å². The molecule has 0 radical (unpaired) electrons. The summed E-state index contributed by atoms with van der Waals surface area (Å²) in [4.78, 5) is 15.1. The number of thioether (sulfide) groups is 1. The lowest BCUT2D eigenvalue weighted by atomic mass is 10.1. The summed E-state index contributed by atoms with van der Waals surface area (Å²) in [5, 5.41) is 9.42. The maximum atomic E-state index is 13.2. The Hall–Kier alpha value is -3.84. The predicted molar refractivity (Wildman–Crippen MR) is 144 cm³/mol. The van der Waals surface area contributed by atoms with Crippen LogP contribution in [0.25, 0.3) is 11.1 Å². The van der Waals surface area contributed by atoms with Crippen LogP contribution in [0.4, 0.5) is 5.69 Å². The molecule has 1 amide bonds. The Kier molecular flexibility index (Phi) is 7.18. The number of carbonyl (C=O) groups is 1. The van der Waals surface area contributed by atoms with Crippen LogP contribution in [0.5, 0.6) is 5.75 Å². The van der Waals surface area contributed by atoms with Gasteiger partial charge in [0.25, 0.3) is 0 Å². The van der Waals surface area contributed by atoms with Crippen molar-refractivity contribution >= 4 is 23.4 Å². The van der Waals surface area contributed by atoms with E-state index in [-0.39, 0.29) is 24.3 Å². The molecule has 2 heterocycles. The van der Waals surface area contributed by atoms with Gasteiger partial charge in [-0.1, -0.05) is 84.6 Å². The first kappa shape index (κ1) is 23.9. The molecule has 0 fully saturated rings. The molecular weight excluding hydrogens is 468 g/mol. The van der Waals surface area contributed by atoms with Crippen LogP contribution < -0.4 is 9.64 Å². The van der Waals surface area contributed by atoms with E-state index in [1.165, 1.54) is 17.3 Å². The molecule has 5 rings (SSSR count). The van der Waals surface area contributed by atoms with Crippen molar-refractivity contribution < 1.29 is 9.53 Å². The number of hydrogen-bond acceptors (Lipinski definition) is 5. The number of carbonyl (C=O) groups excluding carboxylic acids is 1. The van der Waals surface area contributed by atoms with Crippen LogP contribution in [0.3, 0.4) is 0 Å². The number of para-hydroxylation sites is 2. The van der Waals surface area contributed by atoms with Crippen LogP contribution in [0.1, 0.15) is 18.3 Å². The zero-order valence-corrected chi connectivity index (χ0v) is 21.0. The molecule has 182 valence electrons. The van der Waals surface area contributed by atoms with Crippen LogP contribution in [0, 0.1) is 0 Å². The van der Waals surface area contributed by atoms with Gasteiger partial charge in [0, 0.05) is 23.8 Å². The summed E-state index contributed by atoms with van der Waals surface area (Å²) in [6.45, 7) is 6.76. The fourth-order valence-corrected chi connectivity index (χ4v) is 5.40. The zero-order valence-electron chi connectivity index (χ0n) is 20.2. The number of nitrogens with zero attached hydrogens (tertiary/aromatic N) is 4. The number of hydrogen-bond donors (Lipinski definition) is 0. The molecule has 1 aliphatic rings. The molecule has 3 aromatic carbocycles. The number of aromatic nitrogens is 3. The third kappa shape index (κ3) is 4.93. The van der Waals surface area contributed by atoms with Crippen molar-refractivity contribution in [3.63, 3.8) is 0 Å². The summed E-state index contributed by atoms with van der Waals surface area (Å²) < 4.78 is 8.15. The maximum absolute atomic E-state index is 13.2. The Morgan fingerprint density at radius 1 is 1.06 bits per heavy atom. The summed E-state index contributed by atoms with van der Waals surface area (Å²) in [6, 6.07) is 26.4. The van der Waals surface area contributed by atoms with Crippen molar-refractivity contribution in [2.75, 3.05) is 10.7 Å². The van der Waals surface area contributed by atoms with Crippen LogP contribution in [-0.2, 0) is 24.4 Å². The first-order valence-corrected chi connectivity index (χ1v) is 13.0. The number of allylic oxidation sites excluding steroid dienone is 1. The predicted octanol–water partition coefficient (Wildman–Crippen LogP) is 5.78. The Bertz CT molecular complexity index is 1370. The molecular formula is C29H28N4O2S.